The Balaban J connectivity index is 2.51. The maximum absolute atomic E-state index is 11.4. The number of rotatable bonds is 4. The van der Waals surface area contributed by atoms with Crippen molar-refractivity contribution in [2.24, 2.45) is 0 Å². The highest BCUT2D eigenvalue weighted by molar-refractivity contribution is 5.93. The van der Waals surface area contributed by atoms with Crippen LogP contribution in [0.25, 0.3) is 0 Å². The largest absolute Gasteiger partial charge is 0.393 e. The van der Waals surface area contributed by atoms with Gasteiger partial charge in [0.1, 0.15) is 0 Å². The van der Waals surface area contributed by atoms with Gasteiger partial charge in [0.2, 0.25) is 5.56 Å². The van der Waals surface area contributed by atoms with Gasteiger partial charge in [-0.2, -0.15) is 0 Å². The Kier molecular flexibility index (Phi) is 4.05. The highest BCUT2D eigenvalue weighted by Crippen LogP contribution is 1.93. The van der Waals surface area contributed by atoms with Crippen molar-refractivity contribution in [1.82, 2.24) is 10.3 Å². The first-order valence-corrected chi connectivity index (χ1v) is 4.74. The number of aromatic nitrogens is 1. The SMILES string of the molecule is CC(O)CCNC(=O)c1cc[nH]c(=O)c1. The molecule has 0 aliphatic rings. The molecule has 3 N–H and O–H groups in total. The van der Waals surface area contributed by atoms with Gasteiger partial charge in [0.15, 0.2) is 0 Å². The highest BCUT2D eigenvalue weighted by atomic mass is 16.3. The summed E-state index contributed by atoms with van der Waals surface area (Å²) in [6.07, 6.45) is 1.48. The zero-order valence-corrected chi connectivity index (χ0v) is 8.49. The van der Waals surface area contributed by atoms with Crippen LogP contribution in [-0.4, -0.2) is 28.6 Å². The van der Waals surface area contributed by atoms with E-state index in [1.807, 2.05) is 0 Å². The molecule has 0 aliphatic carbocycles. The summed E-state index contributed by atoms with van der Waals surface area (Å²) in [4.78, 5) is 24.8. The van der Waals surface area contributed by atoms with Crippen molar-refractivity contribution in [2.45, 2.75) is 19.4 Å². The average Bonchev–Trinajstić information content (AvgIpc) is 2.17. The molecule has 0 aromatic carbocycles. The second kappa shape index (κ2) is 5.31. The lowest BCUT2D eigenvalue weighted by Gasteiger charge is -2.06. The van der Waals surface area contributed by atoms with Gasteiger partial charge in [-0.25, -0.2) is 0 Å². The van der Waals surface area contributed by atoms with Gasteiger partial charge in [-0.05, 0) is 19.4 Å². The Morgan fingerprint density at radius 1 is 1.67 bits per heavy atom. The van der Waals surface area contributed by atoms with Crippen LogP contribution in [0, 0.1) is 0 Å². The molecule has 1 atom stereocenters. The van der Waals surface area contributed by atoms with Crippen molar-refractivity contribution >= 4 is 5.91 Å². The summed E-state index contributed by atoms with van der Waals surface area (Å²) in [6, 6.07) is 2.76. The van der Waals surface area contributed by atoms with Crippen molar-refractivity contribution in [3.05, 3.63) is 34.2 Å². The maximum atomic E-state index is 11.4. The standard InChI is InChI=1S/C10H14N2O3/c1-7(13)2-4-12-10(15)8-3-5-11-9(14)6-8/h3,5-7,13H,2,4H2,1H3,(H,11,14)(H,12,15). The van der Waals surface area contributed by atoms with Crippen LogP contribution in [0.5, 0.6) is 0 Å². The molecule has 0 radical (unpaired) electrons. The van der Waals surface area contributed by atoms with Crippen LogP contribution in [0.3, 0.4) is 0 Å². The molecule has 0 saturated carbocycles. The molecular formula is C10H14N2O3. The van der Waals surface area contributed by atoms with Crippen LogP contribution in [0.15, 0.2) is 23.1 Å². The first kappa shape index (κ1) is 11.5. The first-order valence-electron chi connectivity index (χ1n) is 4.74. The molecule has 1 heterocycles. The molecular weight excluding hydrogens is 196 g/mol. The average molecular weight is 210 g/mol. The number of hydrogen-bond donors (Lipinski definition) is 3. The highest BCUT2D eigenvalue weighted by Gasteiger charge is 2.05. The normalized spacial score (nSPS) is 12.1. The Labute approximate surface area is 87.1 Å². The molecule has 82 valence electrons. The van der Waals surface area contributed by atoms with Crippen molar-refractivity contribution in [1.29, 1.82) is 0 Å². The van der Waals surface area contributed by atoms with E-state index in [2.05, 4.69) is 10.3 Å². The Morgan fingerprint density at radius 2 is 2.40 bits per heavy atom. The van der Waals surface area contributed by atoms with Crippen LogP contribution < -0.4 is 10.9 Å². The smallest absolute Gasteiger partial charge is 0.251 e. The lowest BCUT2D eigenvalue weighted by Crippen LogP contribution is -2.27. The lowest BCUT2D eigenvalue weighted by molar-refractivity contribution is 0.0945. The van der Waals surface area contributed by atoms with Gasteiger partial charge in [0, 0.05) is 24.4 Å². The number of H-pyrrole nitrogens is 1. The fourth-order valence-corrected chi connectivity index (χ4v) is 1.08. The first-order chi connectivity index (χ1) is 7.09. The fraction of sp³-hybridized carbons (Fsp3) is 0.400. The lowest BCUT2D eigenvalue weighted by atomic mass is 10.2. The van der Waals surface area contributed by atoms with E-state index in [4.69, 9.17) is 5.11 Å². The molecule has 1 unspecified atom stereocenters. The second-order valence-electron chi connectivity index (χ2n) is 3.34. The number of carbonyl (C=O) groups is 1. The number of nitrogens with one attached hydrogen (secondary N) is 2. The van der Waals surface area contributed by atoms with E-state index in [0.717, 1.165) is 0 Å². The van der Waals surface area contributed by atoms with E-state index in [-0.39, 0.29) is 11.5 Å². The van der Waals surface area contributed by atoms with E-state index in [1.54, 1.807) is 6.92 Å². The molecule has 0 aliphatic heterocycles. The molecule has 0 spiro atoms. The fourth-order valence-electron chi connectivity index (χ4n) is 1.08. The van der Waals surface area contributed by atoms with Crippen LogP contribution in [0.4, 0.5) is 0 Å². The van der Waals surface area contributed by atoms with Crippen molar-refractivity contribution in [3.63, 3.8) is 0 Å². The quantitative estimate of drug-likeness (QED) is 0.647. The summed E-state index contributed by atoms with van der Waals surface area (Å²) < 4.78 is 0. The van der Waals surface area contributed by atoms with E-state index >= 15 is 0 Å². The van der Waals surface area contributed by atoms with Gasteiger partial charge in [-0.15, -0.1) is 0 Å². The minimum atomic E-state index is -0.440. The minimum Gasteiger partial charge on any atom is -0.393 e. The molecule has 1 rings (SSSR count). The van der Waals surface area contributed by atoms with Crippen molar-refractivity contribution < 1.29 is 9.90 Å². The van der Waals surface area contributed by atoms with Crippen LogP contribution in [0.1, 0.15) is 23.7 Å². The molecule has 1 aromatic heterocycles. The zero-order valence-electron chi connectivity index (χ0n) is 8.49. The zero-order chi connectivity index (χ0) is 11.3. The summed E-state index contributed by atoms with van der Waals surface area (Å²) in [5, 5.41) is 11.6. The van der Waals surface area contributed by atoms with Crippen LogP contribution in [0.2, 0.25) is 0 Å². The summed E-state index contributed by atoms with van der Waals surface area (Å²) in [6.45, 7) is 2.04. The molecule has 0 bridgehead atoms. The number of amides is 1. The molecule has 5 heteroatoms. The number of aliphatic hydroxyl groups excluding tert-OH is 1. The molecule has 5 nitrogen and oxygen atoms in total. The number of aromatic amines is 1. The van der Waals surface area contributed by atoms with Gasteiger partial charge >= 0.3 is 0 Å². The van der Waals surface area contributed by atoms with Gasteiger partial charge in [-0.1, -0.05) is 0 Å². The Hall–Kier alpha value is -1.62. The van der Waals surface area contributed by atoms with E-state index in [9.17, 15) is 9.59 Å². The molecule has 0 fully saturated rings. The number of aliphatic hydroxyl groups is 1. The summed E-state index contributed by atoms with van der Waals surface area (Å²) >= 11 is 0. The summed E-state index contributed by atoms with van der Waals surface area (Å²) in [5.41, 5.74) is 0.0162. The predicted octanol–water partition coefficient (Wildman–Crippen LogP) is -0.124. The van der Waals surface area contributed by atoms with Crippen LogP contribution >= 0.6 is 0 Å². The van der Waals surface area contributed by atoms with Crippen LogP contribution in [-0.2, 0) is 0 Å². The third kappa shape index (κ3) is 3.95. The Morgan fingerprint density at radius 3 is 3.00 bits per heavy atom. The molecule has 0 saturated heterocycles. The third-order valence-electron chi connectivity index (χ3n) is 1.88. The predicted molar refractivity (Wildman–Crippen MR) is 55.7 cm³/mol. The number of hydrogen-bond acceptors (Lipinski definition) is 3. The molecule has 1 amide bonds. The molecule has 1 aromatic rings. The van der Waals surface area contributed by atoms with Gasteiger partial charge < -0.3 is 15.4 Å². The van der Waals surface area contributed by atoms with E-state index in [1.165, 1.54) is 18.3 Å². The van der Waals surface area contributed by atoms with Crippen molar-refractivity contribution in [2.75, 3.05) is 6.54 Å². The Bertz CT molecular complexity index is 384. The number of carbonyl (C=O) groups excluding carboxylic acids is 1. The van der Waals surface area contributed by atoms with Gasteiger partial charge in [0.05, 0.1) is 6.10 Å². The van der Waals surface area contributed by atoms with E-state index in [0.29, 0.717) is 18.5 Å². The second-order valence-corrected chi connectivity index (χ2v) is 3.34. The maximum Gasteiger partial charge on any atom is 0.251 e. The topological polar surface area (TPSA) is 82.2 Å². The van der Waals surface area contributed by atoms with Crippen molar-refractivity contribution in [3.8, 4) is 0 Å². The third-order valence-corrected chi connectivity index (χ3v) is 1.88. The molecule has 15 heavy (non-hydrogen) atoms. The van der Waals surface area contributed by atoms with E-state index < -0.39 is 6.10 Å². The summed E-state index contributed by atoms with van der Waals surface area (Å²) in [5.74, 6) is -0.304. The number of pyridine rings is 1. The minimum absolute atomic E-state index is 0.304. The van der Waals surface area contributed by atoms with Gasteiger partial charge in [0.25, 0.3) is 5.91 Å². The summed E-state index contributed by atoms with van der Waals surface area (Å²) in [7, 11) is 0. The monoisotopic (exact) mass is 210 g/mol. The van der Waals surface area contributed by atoms with Gasteiger partial charge in [-0.3, -0.25) is 9.59 Å².